The van der Waals surface area contributed by atoms with Crippen LogP contribution in [0.1, 0.15) is 23.7 Å². The number of carbonyl (C=O) groups excluding carboxylic acids is 2. The van der Waals surface area contributed by atoms with Crippen LogP contribution in [0.3, 0.4) is 0 Å². The molecule has 0 fully saturated rings. The molecular weight excluding hydrogens is 252 g/mol. The van der Waals surface area contributed by atoms with Crippen LogP contribution >= 0.6 is 0 Å². The molecule has 0 aliphatic heterocycles. The predicted octanol–water partition coefficient (Wildman–Crippen LogP) is 3.53. The normalized spacial score (nSPS) is 10.2. The molecule has 3 nitrogen and oxygen atoms in total. The summed E-state index contributed by atoms with van der Waals surface area (Å²) in [7, 11) is 0. The zero-order valence-electron chi connectivity index (χ0n) is 11.4. The number of Topliss-reactive ketones (excluding diaryl/α,β-unsaturated/α-hetero) is 1. The molecule has 2 aromatic rings. The number of fused-ring (bicyclic) bond motifs is 1. The lowest BCUT2D eigenvalue weighted by atomic mass is 10.0. The number of hydrogen-bond acceptors (Lipinski definition) is 3. The zero-order valence-corrected chi connectivity index (χ0v) is 11.4. The van der Waals surface area contributed by atoms with Crippen LogP contribution in [0.4, 0.5) is 0 Å². The Morgan fingerprint density at radius 3 is 2.50 bits per heavy atom. The minimum atomic E-state index is -0.522. The molecular formula is C17H16O3. The van der Waals surface area contributed by atoms with Gasteiger partial charge in [-0.2, -0.15) is 0 Å². The Hall–Kier alpha value is -2.42. The Balaban J connectivity index is 2.07. The number of ketones is 1. The molecule has 2 aromatic carbocycles. The van der Waals surface area contributed by atoms with E-state index in [4.69, 9.17) is 4.74 Å². The molecule has 0 unspecified atom stereocenters. The van der Waals surface area contributed by atoms with Gasteiger partial charge in [-0.3, -0.25) is 9.59 Å². The molecule has 0 spiro atoms. The molecule has 0 heterocycles. The van der Waals surface area contributed by atoms with E-state index in [0.717, 1.165) is 16.3 Å². The van der Waals surface area contributed by atoms with Crippen molar-refractivity contribution >= 4 is 22.5 Å². The summed E-state index contributed by atoms with van der Waals surface area (Å²) >= 11 is 0. The monoisotopic (exact) mass is 268 g/mol. The standard InChI is InChI=1S/C17H16O3/c1-12(2)11-20-17(19)10-16(18)15-8-7-13-5-3-4-6-14(13)9-15/h3-9H,1,10-11H2,2H3. The maximum Gasteiger partial charge on any atom is 0.314 e. The van der Waals surface area contributed by atoms with Crippen LogP contribution in [0.5, 0.6) is 0 Å². The molecule has 0 bridgehead atoms. The predicted molar refractivity (Wildman–Crippen MR) is 78.7 cm³/mol. The van der Waals surface area contributed by atoms with Crippen molar-refractivity contribution in [2.75, 3.05) is 6.61 Å². The third-order valence-corrected chi connectivity index (χ3v) is 2.86. The van der Waals surface area contributed by atoms with E-state index in [1.165, 1.54) is 0 Å². The van der Waals surface area contributed by atoms with Gasteiger partial charge in [0.2, 0.25) is 0 Å². The molecule has 0 atom stereocenters. The van der Waals surface area contributed by atoms with Crippen LogP contribution in [0, 0.1) is 0 Å². The van der Waals surface area contributed by atoms with Crippen molar-refractivity contribution in [3.8, 4) is 0 Å². The first-order chi connectivity index (χ1) is 9.56. The van der Waals surface area contributed by atoms with Gasteiger partial charge >= 0.3 is 5.97 Å². The van der Waals surface area contributed by atoms with E-state index in [9.17, 15) is 9.59 Å². The molecule has 20 heavy (non-hydrogen) atoms. The van der Waals surface area contributed by atoms with Gasteiger partial charge in [-0.1, -0.05) is 43.0 Å². The number of rotatable bonds is 5. The van der Waals surface area contributed by atoms with Gasteiger partial charge in [0.15, 0.2) is 5.78 Å². The highest BCUT2D eigenvalue weighted by Crippen LogP contribution is 2.16. The Kier molecular flexibility index (Phi) is 4.31. The summed E-state index contributed by atoms with van der Waals surface area (Å²) in [6.07, 6.45) is -0.244. The zero-order chi connectivity index (χ0) is 14.5. The first-order valence-electron chi connectivity index (χ1n) is 6.38. The van der Waals surface area contributed by atoms with E-state index in [1.54, 1.807) is 19.1 Å². The van der Waals surface area contributed by atoms with Gasteiger partial charge in [0.05, 0.1) is 0 Å². The number of carbonyl (C=O) groups is 2. The summed E-state index contributed by atoms with van der Waals surface area (Å²) in [5, 5.41) is 2.04. The van der Waals surface area contributed by atoms with Crippen LogP contribution in [0.25, 0.3) is 10.8 Å². The second-order valence-corrected chi connectivity index (χ2v) is 4.78. The third-order valence-electron chi connectivity index (χ3n) is 2.86. The average molecular weight is 268 g/mol. The number of esters is 1. The van der Waals surface area contributed by atoms with Crippen molar-refractivity contribution in [2.45, 2.75) is 13.3 Å². The number of hydrogen-bond donors (Lipinski definition) is 0. The van der Waals surface area contributed by atoms with Crippen LogP contribution < -0.4 is 0 Å². The van der Waals surface area contributed by atoms with Gasteiger partial charge < -0.3 is 4.74 Å². The Morgan fingerprint density at radius 2 is 1.80 bits per heavy atom. The van der Waals surface area contributed by atoms with Crippen LogP contribution in [0.15, 0.2) is 54.6 Å². The largest absolute Gasteiger partial charge is 0.461 e. The first-order valence-corrected chi connectivity index (χ1v) is 6.38. The van der Waals surface area contributed by atoms with Crippen molar-refractivity contribution in [2.24, 2.45) is 0 Å². The molecule has 102 valence electrons. The van der Waals surface area contributed by atoms with Crippen LogP contribution in [0.2, 0.25) is 0 Å². The van der Waals surface area contributed by atoms with Crippen molar-refractivity contribution in [3.63, 3.8) is 0 Å². The van der Waals surface area contributed by atoms with Crippen LogP contribution in [-0.2, 0) is 9.53 Å². The Bertz CT molecular complexity index is 671. The lowest BCUT2D eigenvalue weighted by Crippen LogP contribution is -2.12. The molecule has 0 radical (unpaired) electrons. The van der Waals surface area contributed by atoms with Gasteiger partial charge in [0, 0.05) is 5.56 Å². The number of ether oxygens (including phenoxy) is 1. The number of benzene rings is 2. The second kappa shape index (κ2) is 6.15. The second-order valence-electron chi connectivity index (χ2n) is 4.78. The lowest BCUT2D eigenvalue weighted by molar-refractivity contribution is -0.141. The summed E-state index contributed by atoms with van der Waals surface area (Å²) < 4.78 is 4.92. The van der Waals surface area contributed by atoms with E-state index < -0.39 is 5.97 Å². The topological polar surface area (TPSA) is 43.4 Å². The highest BCUT2D eigenvalue weighted by Gasteiger charge is 2.13. The fraction of sp³-hybridized carbons (Fsp3) is 0.176. The first kappa shape index (κ1) is 14.0. The molecule has 0 N–H and O–H groups in total. The Labute approximate surface area is 117 Å². The van der Waals surface area contributed by atoms with Crippen LogP contribution in [-0.4, -0.2) is 18.4 Å². The average Bonchev–Trinajstić information content (AvgIpc) is 2.44. The van der Waals surface area contributed by atoms with E-state index in [-0.39, 0.29) is 18.8 Å². The SMILES string of the molecule is C=C(C)COC(=O)CC(=O)c1ccc2ccccc2c1. The highest BCUT2D eigenvalue weighted by atomic mass is 16.5. The molecule has 0 saturated heterocycles. The highest BCUT2D eigenvalue weighted by molar-refractivity contribution is 6.07. The molecule has 3 heteroatoms. The molecule has 0 saturated carbocycles. The fourth-order valence-corrected chi connectivity index (χ4v) is 1.85. The minimum Gasteiger partial charge on any atom is -0.461 e. The summed E-state index contributed by atoms with van der Waals surface area (Å²) in [5.74, 6) is -0.756. The summed E-state index contributed by atoms with van der Waals surface area (Å²) in [4.78, 5) is 23.5. The van der Waals surface area contributed by atoms with Crippen molar-refractivity contribution in [1.82, 2.24) is 0 Å². The van der Waals surface area contributed by atoms with Crippen molar-refractivity contribution in [1.29, 1.82) is 0 Å². The smallest absolute Gasteiger partial charge is 0.314 e. The molecule has 0 aromatic heterocycles. The fourth-order valence-electron chi connectivity index (χ4n) is 1.85. The quantitative estimate of drug-likeness (QED) is 0.360. The Morgan fingerprint density at radius 1 is 1.10 bits per heavy atom. The van der Waals surface area contributed by atoms with Gasteiger partial charge in [0.1, 0.15) is 13.0 Å². The van der Waals surface area contributed by atoms with Gasteiger partial charge in [-0.25, -0.2) is 0 Å². The summed E-state index contributed by atoms with van der Waals surface area (Å²) in [6.45, 7) is 5.56. The molecule has 2 rings (SSSR count). The minimum absolute atomic E-state index is 0.157. The maximum absolute atomic E-state index is 12.0. The van der Waals surface area contributed by atoms with Gasteiger partial charge in [-0.05, 0) is 29.3 Å². The van der Waals surface area contributed by atoms with Crippen molar-refractivity contribution < 1.29 is 14.3 Å². The summed E-state index contributed by atoms with van der Waals surface area (Å²) in [6, 6.07) is 13.2. The molecule has 0 aliphatic carbocycles. The molecule has 0 amide bonds. The van der Waals surface area contributed by atoms with E-state index in [2.05, 4.69) is 6.58 Å². The van der Waals surface area contributed by atoms with E-state index in [0.29, 0.717) is 5.56 Å². The molecule has 0 aliphatic rings. The van der Waals surface area contributed by atoms with Gasteiger partial charge in [-0.15, -0.1) is 0 Å². The van der Waals surface area contributed by atoms with E-state index in [1.807, 2.05) is 30.3 Å². The van der Waals surface area contributed by atoms with Crippen molar-refractivity contribution in [3.05, 3.63) is 60.2 Å². The summed E-state index contributed by atoms with van der Waals surface area (Å²) in [5.41, 5.74) is 1.27. The van der Waals surface area contributed by atoms with Gasteiger partial charge in [0.25, 0.3) is 0 Å². The van der Waals surface area contributed by atoms with E-state index >= 15 is 0 Å². The lowest BCUT2D eigenvalue weighted by Gasteiger charge is -2.05. The maximum atomic E-state index is 12.0. The third kappa shape index (κ3) is 3.54.